The molecule has 0 aliphatic heterocycles. The van der Waals surface area contributed by atoms with Crippen LogP contribution in [0.25, 0.3) is 0 Å². The van der Waals surface area contributed by atoms with Crippen LogP contribution >= 0.6 is 55.1 Å². The summed E-state index contributed by atoms with van der Waals surface area (Å²) in [6, 6.07) is 4.82. The lowest BCUT2D eigenvalue weighted by Crippen LogP contribution is -2.24. The lowest BCUT2D eigenvalue weighted by molar-refractivity contribution is -0.119. The molecule has 3 aromatic rings. The first-order chi connectivity index (χ1) is 12.7. The number of amides is 1. The maximum absolute atomic E-state index is 12.6. The molecule has 1 N–H and O–H groups in total. The van der Waals surface area contributed by atoms with Crippen LogP contribution in [0.1, 0.15) is 24.2 Å². The minimum Gasteiger partial charge on any atom is -0.306 e. The number of rotatable bonds is 5. The molecule has 1 atom stereocenters. The van der Waals surface area contributed by atoms with Crippen LogP contribution in [0.3, 0.4) is 0 Å². The highest BCUT2D eigenvalue weighted by molar-refractivity contribution is 9.10. The maximum Gasteiger partial charge on any atom is 0.250 e. The average molecular weight is 536 g/mol. The first-order valence-corrected chi connectivity index (χ1v) is 10.3. The van der Waals surface area contributed by atoms with Gasteiger partial charge in [0.2, 0.25) is 5.91 Å². The normalized spacial score (nSPS) is 12.2. The molecule has 27 heavy (non-hydrogen) atoms. The second kappa shape index (κ2) is 8.34. The summed E-state index contributed by atoms with van der Waals surface area (Å²) in [4.78, 5) is 12.6. The summed E-state index contributed by atoms with van der Waals surface area (Å²) in [7, 11) is 0. The molecule has 2 heterocycles. The summed E-state index contributed by atoms with van der Waals surface area (Å²) in [6.07, 6.45) is 3.55. The van der Waals surface area contributed by atoms with E-state index in [4.69, 9.17) is 23.2 Å². The zero-order valence-corrected chi connectivity index (χ0v) is 19.1. The van der Waals surface area contributed by atoms with E-state index in [9.17, 15) is 4.79 Å². The number of carbonyl (C=O) groups is 1. The van der Waals surface area contributed by atoms with Gasteiger partial charge in [0.15, 0.2) is 5.82 Å². The lowest BCUT2D eigenvalue weighted by Gasteiger charge is -2.11. The summed E-state index contributed by atoms with van der Waals surface area (Å²) in [5.41, 5.74) is 1.69. The zero-order chi connectivity index (χ0) is 19.7. The Morgan fingerprint density at radius 2 is 1.96 bits per heavy atom. The van der Waals surface area contributed by atoms with Gasteiger partial charge in [0.1, 0.15) is 6.04 Å². The fourth-order valence-corrected chi connectivity index (χ4v) is 3.56. The summed E-state index contributed by atoms with van der Waals surface area (Å²) < 4.78 is 4.82. The number of carbonyl (C=O) groups excluding carboxylic acids is 1. The number of hydrogen-bond donors (Lipinski definition) is 1. The molecule has 0 saturated heterocycles. The molecule has 3 rings (SSSR count). The van der Waals surface area contributed by atoms with Gasteiger partial charge in [-0.3, -0.25) is 14.2 Å². The minimum absolute atomic E-state index is 0.222. The smallest absolute Gasteiger partial charge is 0.250 e. The molecular weight excluding hydrogens is 521 g/mol. The predicted molar refractivity (Wildman–Crippen MR) is 113 cm³/mol. The molecule has 0 fully saturated rings. The number of aryl methyl sites for hydroxylation is 1. The van der Waals surface area contributed by atoms with E-state index in [1.54, 1.807) is 40.8 Å². The molecule has 1 amide bonds. The van der Waals surface area contributed by atoms with Crippen molar-refractivity contribution in [2.75, 3.05) is 5.32 Å². The van der Waals surface area contributed by atoms with Crippen molar-refractivity contribution in [3.8, 4) is 0 Å². The van der Waals surface area contributed by atoms with Crippen molar-refractivity contribution >= 4 is 66.8 Å². The predicted octanol–water partition coefficient (Wildman–Crippen LogP) is 5.47. The standard InChI is InChI=1S/C17H15Br2Cl2N5O/c1-9-13(18)8-26(23-9)10(2)17(27)22-16-14(19)7-25(24-16)6-11-3-4-12(20)5-15(11)21/h3-5,7-8,10H,6H2,1-2H3,(H,22,24,27). The third-order valence-corrected chi connectivity index (χ3v) is 5.88. The van der Waals surface area contributed by atoms with Crippen molar-refractivity contribution in [3.05, 3.63) is 60.8 Å². The van der Waals surface area contributed by atoms with Crippen LogP contribution in [-0.4, -0.2) is 25.5 Å². The Bertz CT molecular complexity index is 982. The highest BCUT2D eigenvalue weighted by Crippen LogP contribution is 2.25. The highest BCUT2D eigenvalue weighted by atomic mass is 79.9. The van der Waals surface area contributed by atoms with Gasteiger partial charge in [-0.2, -0.15) is 10.2 Å². The molecule has 0 radical (unpaired) electrons. The van der Waals surface area contributed by atoms with Crippen molar-refractivity contribution in [2.45, 2.75) is 26.4 Å². The van der Waals surface area contributed by atoms with E-state index in [2.05, 4.69) is 47.4 Å². The van der Waals surface area contributed by atoms with Crippen molar-refractivity contribution in [3.63, 3.8) is 0 Å². The van der Waals surface area contributed by atoms with Crippen LogP contribution < -0.4 is 5.32 Å². The Balaban J connectivity index is 1.73. The van der Waals surface area contributed by atoms with Crippen LogP contribution in [0.5, 0.6) is 0 Å². The Morgan fingerprint density at radius 1 is 1.22 bits per heavy atom. The fraction of sp³-hybridized carbons (Fsp3) is 0.235. The van der Waals surface area contributed by atoms with Crippen molar-refractivity contribution < 1.29 is 4.79 Å². The third-order valence-electron chi connectivity index (χ3n) is 3.94. The summed E-state index contributed by atoms with van der Waals surface area (Å²) in [6.45, 7) is 4.09. The van der Waals surface area contributed by atoms with E-state index in [0.717, 1.165) is 15.7 Å². The third kappa shape index (κ3) is 4.74. The molecule has 0 aliphatic carbocycles. The molecular formula is C17H15Br2Cl2N5O. The zero-order valence-electron chi connectivity index (χ0n) is 14.4. The molecule has 1 aromatic carbocycles. The van der Waals surface area contributed by atoms with E-state index in [-0.39, 0.29) is 5.91 Å². The van der Waals surface area contributed by atoms with Gasteiger partial charge in [-0.25, -0.2) is 0 Å². The topological polar surface area (TPSA) is 64.7 Å². The quantitative estimate of drug-likeness (QED) is 0.471. The summed E-state index contributed by atoms with van der Waals surface area (Å²) in [5, 5.41) is 12.7. The molecule has 0 saturated carbocycles. The largest absolute Gasteiger partial charge is 0.306 e. The first-order valence-electron chi connectivity index (χ1n) is 7.93. The van der Waals surface area contributed by atoms with Crippen LogP contribution in [-0.2, 0) is 11.3 Å². The van der Waals surface area contributed by atoms with Gasteiger partial charge in [-0.1, -0.05) is 29.3 Å². The lowest BCUT2D eigenvalue weighted by atomic mass is 10.2. The molecule has 0 aliphatic rings. The monoisotopic (exact) mass is 533 g/mol. The SMILES string of the molecule is Cc1nn(C(C)C(=O)Nc2nn(Cc3ccc(Cl)cc3Cl)cc2Br)cc1Br. The Hall–Kier alpha value is -1.35. The second-order valence-electron chi connectivity index (χ2n) is 5.97. The van der Waals surface area contributed by atoms with Crippen molar-refractivity contribution in [2.24, 2.45) is 0 Å². The first kappa shape index (κ1) is 20.4. The maximum atomic E-state index is 12.6. The Labute approximate surface area is 183 Å². The highest BCUT2D eigenvalue weighted by Gasteiger charge is 2.19. The van der Waals surface area contributed by atoms with E-state index in [0.29, 0.717) is 26.9 Å². The Morgan fingerprint density at radius 3 is 2.59 bits per heavy atom. The van der Waals surface area contributed by atoms with Gasteiger partial charge < -0.3 is 5.32 Å². The number of aromatic nitrogens is 4. The molecule has 6 nitrogen and oxygen atoms in total. The van der Waals surface area contributed by atoms with E-state index >= 15 is 0 Å². The summed E-state index contributed by atoms with van der Waals surface area (Å²) in [5.74, 6) is 0.209. The van der Waals surface area contributed by atoms with Gasteiger partial charge in [0.25, 0.3) is 0 Å². The molecule has 142 valence electrons. The molecule has 1 unspecified atom stereocenters. The fourth-order valence-electron chi connectivity index (χ4n) is 2.39. The number of anilines is 1. The van der Waals surface area contributed by atoms with Gasteiger partial charge in [-0.15, -0.1) is 0 Å². The molecule has 0 spiro atoms. The van der Waals surface area contributed by atoms with Crippen LogP contribution in [0.4, 0.5) is 5.82 Å². The van der Waals surface area contributed by atoms with E-state index in [1.807, 2.05) is 13.0 Å². The van der Waals surface area contributed by atoms with E-state index in [1.165, 1.54) is 0 Å². The molecule has 0 bridgehead atoms. The molecule has 10 heteroatoms. The number of halogens is 4. The average Bonchev–Trinajstić information content (AvgIpc) is 3.12. The van der Waals surface area contributed by atoms with Crippen LogP contribution in [0.15, 0.2) is 39.5 Å². The number of nitrogens with zero attached hydrogens (tertiary/aromatic N) is 4. The van der Waals surface area contributed by atoms with Crippen molar-refractivity contribution in [1.29, 1.82) is 0 Å². The van der Waals surface area contributed by atoms with Crippen molar-refractivity contribution in [1.82, 2.24) is 19.6 Å². The summed E-state index contributed by atoms with van der Waals surface area (Å²) >= 11 is 19.0. The van der Waals surface area contributed by atoms with Gasteiger partial charge >= 0.3 is 0 Å². The molecule has 2 aromatic heterocycles. The van der Waals surface area contributed by atoms with Gasteiger partial charge in [0, 0.05) is 22.4 Å². The van der Waals surface area contributed by atoms with Gasteiger partial charge in [-0.05, 0) is 63.4 Å². The number of hydrogen-bond acceptors (Lipinski definition) is 3. The number of nitrogens with one attached hydrogen (secondary N) is 1. The van der Waals surface area contributed by atoms with Gasteiger partial charge in [0.05, 0.1) is 21.2 Å². The minimum atomic E-state index is -0.488. The number of benzene rings is 1. The van der Waals surface area contributed by atoms with Crippen LogP contribution in [0, 0.1) is 6.92 Å². The van der Waals surface area contributed by atoms with E-state index < -0.39 is 6.04 Å². The second-order valence-corrected chi connectivity index (χ2v) is 8.52. The Kier molecular flexibility index (Phi) is 6.30. The van der Waals surface area contributed by atoms with Crippen LogP contribution in [0.2, 0.25) is 10.0 Å².